The molecule has 0 bridgehead atoms. The van der Waals surface area contributed by atoms with Gasteiger partial charge in [0, 0.05) is 18.5 Å². The van der Waals surface area contributed by atoms with E-state index in [1.807, 2.05) is 50.2 Å². The number of likely N-dealkylation sites (tertiary alicyclic amines) is 1. The third-order valence-electron chi connectivity index (χ3n) is 6.15. The van der Waals surface area contributed by atoms with Gasteiger partial charge in [-0.15, -0.1) is 0 Å². The van der Waals surface area contributed by atoms with E-state index in [0.717, 1.165) is 29.8 Å². The van der Waals surface area contributed by atoms with Gasteiger partial charge in [0.05, 0.1) is 18.7 Å². The molecule has 2 aliphatic heterocycles. The molecule has 4 rings (SSSR count). The minimum Gasteiger partial charge on any atom is -0.507 e. The minimum atomic E-state index is -0.665. The number of hydrogen-bond acceptors (Lipinski definition) is 6. The van der Waals surface area contributed by atoms with Crippen molar-refractivity contribution in [2.24, 2.45) is 0 Å². The number of fused-ring (bicyclic) bond motifs is 1. The zero-order chi connectivity index (χ0) is 23.7. The monoisotopic (exact) mass is 450 g/mol. The molecule has 2 aliphatic rings. The zero-order valence-corrected chi connectivity index (χ0v) is 19.5. The van der Waals surface area contributed by atoms with Crippen LogP contribution in [0, 0.1) is 0 Å². The zero-order valence-electron chi connectivity index (χ0n) is 19.5. The summed E-state index contributed by atoms with van der Waals surface area (Å²) in [5.41, 5.74) is 2.35. The Hall–Kier alpha value is -3.32. The standard InChI is InChI=1S/C26H30N2O5/c1-16-14-19-15-18(8-11-21(19)33-16)24(29)22-23(17-6-9-20(32-4)10-7-17)28(26(31)25(22)30)13-5-12-27(2)3/h6-11,15-16,23,29H,5,12-14H2,1-4H3/t16-,23+/m1/s1. The van der Waals surface area contributed by atoms with E-state index in [1.165, 1.54) is 0 Å². The molecule has 2 atom stereocenters. The van der Waals surface area contributed by atoms with Crippen LogP contribution in [0.3, 0.4) is 0 Å². The number of ether oxygens (including phenoxy) is 2. The van der Waals surface area contributed by atoms with E-state index in [0.29, 0.717) is 24.3 Å². The summed E-state index contributed by atoms with van der Waals surface area (Å²) in [6, 6.07) is 12.0. The number of amides is 1. The third-order valence-corrected chi connectivity index (χ3v) is 6.15. The molecule has 0 radical (unpaired) electrons. The molecular weight excluding hydrogens is 420 g/mol. The van der Waals surface area contributed by atoms with Gasteiger partial charge in [-0.3, -0.25) is 9.59 Å². The number of hydrogen-bond donors (Lipinski definition) is 1. The first-order valence-corrected chi connectivity index (χ1v) is 11.2. The van der Waals surface area contributed by atoms with Crippen molar-refractivity contribution in [2.45, 2.75) is 31.9 Å². The van der Waals surface area contributed by atoms with Gasteiger partial charge in [0.1, 0.15) is 23.4 Å². The molecule has 2 aromatic rings. The largest absolute Gasteiger partial charge is 0.507 e. The summed E-state index contributed by atoms with van der Waals surface area (Å²) in [6.07, 6.45) is 1.51. The van der Waals surface area contributed by atoms with Gasteiger partial charge in [-0.1, -0.05) is 12.1 Å². The lowest BCUT2D eigenvalue weighted by atomic mass is 9.94. The Morgan fingerprint density at radius 2 is 1.91 bits per heavy atom. The highest BCUT2D eigenvalue weighted by atomic mass is 16.5. The molecule has 174 valence electrons. The summed E-state index contributed by atoms with van der Waals surface area (Å²) >= 11 is 0. The van der Waals surface area contributed by atoms with Crippen LogP contribution in [-0.4, -0.2) is 67.0 Å². The second-order valence-corrected chi connectivity index (χ2v) is 8.88. The fourth-order valence-electron chi connectivity index (χ4n) is 4.53. The first-order chi connectivity index (χ1) is 15.8. The molecule has 33 heavy (non-hydrogen) atoms. The normalized spacial score (nSPS) is 21.4. The van der Waals surface area contributed by atoms with E-state index in [-0.39, 0.29) is 17.4 Å². The van der Waals surface area contributed by atoms with Gasteiger partial charge in [-0.25, -0.2) is 0 Å². The summed E-state index contributed by atoms with van der Waals surface area (Å²) in [5, 5.41) is 11.3. The maximum atomic E-state index is 13.2. The molecule has 7 heteroatoms. The number of aliphatic hydroxyl groups excluding tert-OH is 1. The maximum Gasteiger partial charge on any atom is 0.295 e. The average Bonchev–Trinajstić information content (AvgIpc) is 3.29. The topological polar surface area (TPSA) is 79.3 Å². The Bertz CT molecular complexity index is 1090. The van der Waals surface area contributed by atoms with E-state index < -0.39 is 17.7 Å². The molecule has 1 saturated heterocycles. The van der Waals surface area contributed by atoms with Crippen LogP contribution in [0.1, 0.15) is 36.1 Å². The Labute approximate surface area is 194 Å². The van der Waals surface area contributed by atoms with Gasteiger partial charge in [0.15, 0.2) is 0 Å². The van der Waals surface area contributed by atoms with Crippen LogP contribution < -0.4 is 9.47 Å². The van der Waals surface area contributed by atoms with E-state index in [9.17, 15) is 14.7 Å². The average molecular weight is 451 g/mol. The van der Waals surface area contributed by atoms with E-state index in [4.69, 9.17) is 9.47 Å². The number of nitrogens with zero attached hydrogens (tertiary/aromatic N) is 2. The molecule has 0 aromatic heterocycles. The van der Waals surface area contributed by atoms with Crippen LogP contribution in [0.2, 0.25) is 0 Å². The molecule has 1 fully saturated rings. The third kappa shape index (κ3) is 4.46. The minimum absolute atomic E-state index is 0.0685. The molecule has 1 amide bonds. The molecule has 0 aliphatic carbocycles. The van der Waals surface area contributed by atoms with Gasteiger partial charge >= 0.3 is 0 Å². The summed E-state index contributed by atoms with van der Waals surface area (Å²) < 4.78 is 11.0. The molecule has 0 spiro atoms. The van der Waals surface area contributed by atoms with Crippen molar-refractivity contribution < 1.29 is 24.2 Å². The number of aliphatic hydroxyl groups is 1. The van der Waals surface area contributed by atoms with Crippen LogP contribution in [0.4, 0.5) is 0 Å². The molecule has 2 aromatic carbocycles. The molecular formula is C26H30N2O5. The van der Waals surface area contributed by atoms with Crippen molar-refractivity contribution in [3.63, 3.8) is 0 Å². The van der Waals surface area contributed by atoms with Gasteiger partial charge < -0.3 is 24.4 Å². The molecule has 1 N–H and O–H groups in total. The van der Waals surface area contributed by atoms with E-state index in [1.54, 1.807) is 30.2 Å². The lowest BCUT2D eigenvalue weighted by Crippen LogP contribution is -2.32. The summed E-state index contributed by atoms with van der Waals surface area (Å²) in [4.78, 5) is 29.8. The number of Topliss-reactive ketones (excluding diaryl/α,β-unsaturated/α-hetero) is 1. The van der Waals surface area contributed by atoms with Gasteiger partial charge in [0.2, 0.25) is 0 Å². The van der Waals surface area contributed by atoms with Gasteiger partial charge in [-0.2, -0.15) is 0 Å². The molecule has 0 unspecified atom stereocenters. The van der Waals surface area contributed by atoms with Crippen LogP contribution in [0.25, 0.3) is 5.76 Å². The van der Waals surface area contributed by atoms with Crippen LogP contribution >= 0.6 is 0 Å². The highest BCUT2D eigenvalue weighted by Crippen LogP contribution is 2.41. The van der Waals surface area contributed by atoms with E-state index >= 15 is 0 Å². The highest BCUT2D eigenvalue weighted by Gasteiger charge is 2.45. The Balaban J connectivity index is 1.77. The molecule has 7 nitrogen and oxygen atoms in total. The second kappa shape index (κ2) is 9.27. The van der Waals surface area contributed by atoms with Crippen molar-refractivity contribution in [1.29, 1.82) is 0 Å². The quantitative estimate of drug-likeness (QED) is 0.396. The lowest BCUT2D eigenvalue weighted by molar-refractivity contribution is -0.139. The van der Waals surface area contributed by atoms with Crippen molar-refractivity contribution in [2.75, 3.05) is 34.3 Å². The van der Waals surface area contributed by atoms with Crippen molar-refractivity contribution in [1.82, 2.24) is 9.80 Å². The fourth-order valence-corrected chi connectivity index (χ4v) is 4.53. The van der Waals surface area contributed by atoms with Crippen LogP contribution in [0.15, 0.2) is 48.0 Å². The number of ketones is 1. The van der Waals surface area contributed by atoms with Crippen molar-refractivity contribution in [3.8, 4) is 11.5 Å². The number of benzene rings is 2. The Kier molecular flexibility index (Phi) is 6.42. The Morgan fingerprint density at radius 3 is 2.58 bits per heavy atom. The summed E-state index contributed by atoms with van der Waals surface area (Å²) in [5.74, 6) is 0.0510. The number of carbonyl (C=O) groups is 2. The van der Waals surface area contributed by atoms with Crippen LogP contribution in [-0.2, 0) is 16.0 Å². The summed E-state index contributed by atoms with van der Waals surface area (Å²) in [7, 11) is 5.52. The summed E-state index contributed by atoms with van der Waals surface area (Å²) in [6.45, 7) is 3.18. The second-order valence-electron chi connectivity index (χ2n) is 8.88. The number of rotatable bonds is 7. The van der Waals surface area contributed by atoms with E-state index in [2.05, 4.69) is 0 Å². The number of methoxy groups -OCH3 is 1. The smallest absolute Gasteiger partial charge is 0.295 e. The number of carbonyl (C=O) groups excluding carboxylic acids is 2. The SMILES string of the molecule is COc1ccc([C@H]2C(=C(O)c3ccc4c(c3)C[C@@H](C)O4)C(=O)C(=O)N2CCCN(C)C)cc1. The van der Waals surface area contributed by atoms with Gasteiger partial charge in [0.25, 0.3) is 11.7 Å². The Morgan fingerprint density at radius 1 is 1.18 bits per heavy atom. The lowest BCUT2D eigenvalue weighted by Gasteiger charge is -2.26. The first-order valence-electron chi connectivity index (χ1n) is 11.2. The molecule has 2 heterocycles. The molecule has 0 saturated carbocycles. The predicted molar refractivity (Wildman–Crippen MR) is 125 cm³/mol. The first kappa shape index (κ1) is 22.9. The maximum absolute atomic E-state index is 13.2. The van der Waals surface area contributed by atoms with Gasteiger partial charge in [-0.05, 0) is 75.4 Å². The van der Waals surface area contributed by atoms with Crippen molar-refractivity contribution >= 4 is 17.4 Å². The predicted octanol–water partition coefficient (Wildman–Crippen LogP) is 3.39. The highest BCUT2D eigenvalue weighted by molar-refractivity contribution is 6.46. The fraction of sp³-hybridized carbons (Fsp3) is 0.385. The van der Waals surface area contributed by atoms with Crippen LogP contribution in [0.5, 0.6) is 11.5 Å². The van der Waals surface area contributed by atoms with Crippen molar-refractivity contribution in [3.05, 3.63) is 64.7 Å².